The summed E-state index contributed by atoms with van der Waals surface area (Å²) in [6.45, 7) is 1.85. The van der Waals surface area contributed by atoms with Crippen LogP contribution < -0.4 is 14.8 Å². The molecule has 9 nitrogen and oxygen atoms in total. The number of likely N-dealkylation sites (N-methyl/N-ethyl adjacent to an activating group) is 1. The Bertz CT molecular complexity index is 1600. The Labute approximate surface area is 216 Å². The lowest BCUT2D eigenvalue weighted by Crippen LogP contribution is -2.38. The van der Waals surface area contributed by atoms with Crippen molar-refractivity contribution < 1.29 is 13.9 Å². The van der Waals surface area contributed by atoms with Gasteiger partial charge in [-0.15, -0.1) is 11.3 Å². The summed E-state index contributed by atoms with van der Waals surface area (Å²) in [6, 6.07) is 7.34. The number of anilines is 2. The van der Waals surface area contributed by atoms with Gasteiger partial charge >= 0.3 is 0 Å². The van der Waals surface area contributed by atoms with Crippen LogP contribution in [0.3, 0.4) is 0 Å². The normalized spacial score (nSPS) is 16.4. The minimum atomic E-state index is -0.363. The van der Waals surface area contributed by atoms with E-state index < -0.39 is 0 Å². The lowest BCUT2D eigenvalue weighted by atomic mass is 10.1. The van der Waals surface area contributed by atoms with Crippen LogP contribution in [0.5, 0.6) is 11.5 Å². The Morgan fingerprint density at radius 1 is 1.11 bits per heavy atom. The number of piperidine rings is 1. The molecule has 1 atom stereocenters. The number of thiazole rings is 1. The molecule has 1 fully saturated rings. The molecule has 1 aliphatic rings. The zero-order valence-electron chi connectivity index (χ0n) is 20.7. The zero-order chi connectivity index (χ0) is 25.5. The van der Waals surface area contributed by atoms with Crippen LogP contribution in [0.25, 0.3) is 32.4 Å². The van der Waals surface area contributed by atoms with Gasteiger partial charge in [0.2, 0.25) is 0 Å². The predicted octanol–water partition coefficient (Wildman–Crippen LogP) is 5.00. The average Bonchev–Trinajstić information content (AvgIpc) is 3.52. The van der Waals surface area contributed by atoms with Crippen LogP contribution in [-0.4, -0.2) is 63.0 Å². The quantitative estimate of drug-likeness (QED) is 0.335. The van der Waals surface area contributed by atoms with Crippen LogP contribution in [0, 0.1) is 5.82 Å². The minimum Gasteiger partial charge on any atom is -0.493 e. The van der Waals surface area contributed by atoms with Crippen LogP contribution in [-0.2, 0) is 7.05 Å². The standard InChI is InChI=1S/C26H26FN7O2S/c1-33-8-4-5-16(11-33)36-20-10-15(24-21(35-3)12-34(2)32-24)9-19-22(20)26(29-13-28-19)31-17-6-7-18-25(23(17)27)37-14-30-18/h6-7,9-10,12-14,16H,4-5,8,11H2,1-3H3,(H,28,29,31)/t16-/m0/s1. The number of methoxy groups -OCH3 is 1. The molecule has 6 rings (SSSR count). The Morgan fingerprint density at radius 3 is 2.84 bits per heavy atom. The Balaban J connectivity index is 1.49. The van der Waals surface area contributed by atoms with Gasteiger partial charge in [-0.3, -0.25) is 4.68 Å². The molecule has 4 heterocycles. The van der Waals surface area contributed by atoms with Gasteiger partial charge < -0.3 is 19.7 Å². The number of hydrogen-bond acceptors (Lipinski definition) is 9. The summed E-state index contributed by atoms with van der Waals surface area (Å²) in [4.78, 5) is 15.5. The molecule has 0 unspecified atom stereocenters. The van der Waals surface area contributed by atoms with E-state index in [4.69, 9.17) is 9.47 Å². The number of nitrogens with zero attached hydrogens (tertiary/aromatic N) is 6. The number of hydrogen-bond donors (Lipinski definition) is 1. The van der Waals surface area contributed by atoms with Crippen LogP contribution >= 0.6 is 11.3 Å². The van der Waals surface area contributed by atoms with Crippen molar-refractivity contribution in [2.75, 3.05) is 32.6 Å². The van der Waals surface area contributed by atoms with Gasteiger partial charge in [0.1, 0.15) is 29.7 Å². The lowest BCUT2D eigenvalue weighted by molar-refractivity contribution is 0.106. The van der Waals surface area contributed by atoms with Crippen LogP contribution in [0.15, 0.2) is 42.3 Å². The number of ether oxygens (including phenoxy) is 2. The number of aryl methyl sites for hydroxylation is 1. The molecule has 0 radical (unpaired) electrons. The van der Waals surface area contributed by atoms with E-state index in [2.05, 4.69) is 37.3 Å². The SMILES string of the molecule is COc1cn(C)nc1-c1cc(O[C@H]2CCCN(C)C2)c2c(Nc3ccc4ncsc4c3F)ncnc2c1. The van der Waals surface area contributed by atoms with Crippen LogP contribution in [0.2, 0.25) is 0 Å². The van der Waals surface area contributed by atoms with Crippen molar-refractivity contribution in [3.63, 3.8) is 0 Å². The molecule has 0 amide bonds. The number of aromatic nitrogens is 5. The van der Waals surface area contributed by atoms with Crippen molar-refractivity contribution in [3.8, 4) is 22.8 Å². The van der Waals surface area contributed by atoms with E-state index in [1.807, 2.05) is 25.4 Å². The summed E-state index contributed by atoms with van der Waals surface area (Å²) in [5.41, 5.74) is 4.73. The average molecular weight is 520 g/mol. The summed E-state index contributed by atoms with van der Waals surface area (Å²) in [6.07, 6.45) is 5.28. The van der Waals surface area contributed by atoms with E-state index in [1.165, 1.54) is 17.7 Å². The molecule has 37 heavy (non-hydrogen) atoms. The fourth-order valence-corrected chi connectivity index (χ4v) is 5.54. The molecule has 190 valence electrons. The molecule has 0 aliphatic carbocycles. The number of benzene rings is 2. The van der Waals surface area contributed by atoms with Crippen molar-refractivity contribution in [1.82, 2.24) is 29.6 Å². The van der Waals surface area contributed by atoms with Gasteiger partial charge in [0, 0.05) is 19.2 Å². The van der Waals surface area contributed by atoms with Gasteiger partial charge in [-0.25, -0.2) is 19.3 Å². The van der Waals surface area contributed by atoms with Gasteiger partial charge in [0.15, 0.2) is 11.6 Å². The second-order valence-electron chi connectivity index (χ2n) is 9.21. The van der Waals surface area contributed by atoms with E-state index in [1.54, 1.807) is 29.4 Å². The molecule has 1 aliphatic heterocycles. The van der Waals surface area contributed by atoms with Crippen LogP contribution in [0.4, 0.5) is 15.9 Å². The number of halogens is 1. The van der Waals surface area contributed by atoms with Gasteiger partial charge in [0.25, 0.3) is 0 Å². The van der Waals surface area contributed by atoms with Gasteiger partial charge in [0.05, 0.1) is 45.6 Å². The maximum Gasteiger partial charge on any atom is 0.166 e. The molecule has 1 saturated heterocycles. The van der Waals surface area contributed by atoms with Gasteiger partial charge in [-0.2, -0.15) is 5.10 Å². The Morgan fingerprint density at radius 2 is 2.00 bits per heavy atom. The van der Waals surface area contributed by atoms with Gasteiger partial charge in [-0.1, -0.05) is 0 Å². The van der Waals surface area contributed by atoms with Crippen molar-refractivity contribution >= 4 is 44.0 Å². The molecule has 11 heteroatoms. The summed E-state index contributed by atoms with van der Waals surface area (Å²) in [5, 5.41) is 8.46. The highest BCUT2D eigenvalue weighted by Crippen LogP contribution is 2.40. The monoisotopic (exact) mass is 519 g/mol. The third-order valence-corrected chi connectivity index (χ3v) is 7.39. The first-order valence-corrected chi connectivity index (χ1v) is 12.9. The molecular weight excluding hydrogens is 493 g/mol. The topological polar surface area (TPSA) is 90.2 Å². The summed E-state index contributed by atoms with van der Waals surface area (Å²) in [7, 11) is 5.56. The summed E-state index contributed by atoms with van der Waals surface area (Å²) in [5.74, 6) is 1.37. The van der Waals surface area contributed by atoms with E-state index in [-0.39, 0.29) is 11.9 Å². The van der Waals surface area contributed by atoms with E-state index in [0.717, 1.165) is 31.5 Å². The Hall–Kier alpha value is -3.83. The van der Waals surface area contributed by atoms with Crippen LogP contribution in [0.1, 0.15) is 12.8 Å². The molecular formula is C26H26FN7O2S. The number of likely N-dealkylation sites (tertiary alicyclic amines) is 1. The number of nitrogens with one attached hydrogen (secondary N) is 1. The second kappa shape index (κ2) is 9.56. The largest absolute Gasteiger partial charge is 0.493 e. The number of fused-ring (bicyclic) bond motifs is 2. The fourth-order valence-electron chi connectivity index (χ4n) is 4.81. The summed E-state index contributed by atoms with van der Waals surface area (Å²) >= 11 is 1.26. The van der Waals surface area contributed by atoms with Gasteiger partial charge in [-0.05, 0) is 50.7 Å². The minimum absolute atomic E-state index is 0.00108. The van der Waals surface area contributed by atoms with E-state index in [9.17, 15) is 0 Å². The molecule has 5 aromatic rings. The van der Waals surface area contributed by atoms with E-state index in [0.29, 0.717) is 49.8 Å². The molecule has 0 bridgehead atoms. The molecule has 3 aromatic heterocycles. The molecule has 2 aromatic carbocycles. The second-order valence-corrected chi connectivity index (χ2v) is 10.1. The lowest BCUT2D eigenvalue weighted by Gasteiger charge is -2.30. The maximum atomic E-state index is 15.3. The highest BCUT2D eigenvalue weighted by molar-refractivity contribution is 7.16. The zero-order valence-corrected chi connectivity index (χ0v) is 21.5. The number of rotatable bonds is 6. The van der Waals surface area contributed by atoms with Crippen molar-refractivity contribution in [1.29, 1.82) is 0 Å². The highest BCUT2D eigenvalue weighted by Gasteiger charge is 2.23. The molecule has 0 saturated carbocycles. The smallest absolute Gasteiger partial charge is 0.166 e. The predicted molar refractivity (Wildman–Crippen MR) is 142 cm³/mol. The Kier molecular flexibility index (Phi) is 6.09. The molecule has 0 spiro atoms. The van der Waals surface area contributed by atoms with Crippen molar-refractivity contribution in [3.05, 3.63) is 48.1 Å². The highest BCUT2D eigenvalue weighted by atomic mass is 32.1. The first kappa shape index (κ1) is 23.6. The maximum absolute atomic E-state index is 15.3. The van der Waals surface area contributed by atoms with Crippen molar-refractivity contribution in [2.45, 2.75) is 18.9 Å². The molecule has 1 N–H and O–H groups in total. The third kappa shape index (κ3) is 4.44. The fraction of sp³-hybridized carbons (Fsp3) is 0.308. The van der Waals surface area contributed by atoms with Crippen molar-refractivity contribution in [2.24, 2.45) is 7.05 Å². The first-order chi connectivity index (χ1) is 18.0. The third-order valence-electron chi connectivity index (χ3n) is 6.56. The van der Waals surface area contributed by atoms with E-state index >= 15 is 4.39 Å². The summed E-state index contributed by atoms with van der Waals surface area (Å²) < 4.78 is 29.7. The first-order valence-electron chi connectivity index (χ1n) is 12.0.